The van der Waals surface area contributed by atoms with E-state index in [0.29, 0.717) is 18.4 Å². The quantitative estimate of drug-likeness (QED) is 0.665. The number of hydrogen-bond acceptors (Lipinski definition) is 3. The lowest BCUT2D eigenvalue weighted by Crippen LogP contribution is -2.44. The molecule has 2 aromatic rings. The Balaban J connectivity index is 1.59. The summed E-state index contributed by atoms with van der Waals surface area (Å²) in [6.07, 6.45) is 5.51. The van der Waals surface area contributed by atoms with Crippen LogP contribution in [0, 0.1) is 5.82 Å². The summed E-state index contributed by atoms with van der Waals surface area (Å²) in [5.41, 5.74) is 1.38. The van der Waals surface area contributed by atoms with Gasteiger partial charge in [0, 0.05) is 29.6 Å². The van der Waals surface area contributed by atoms with Crippen molar-refractivity contribution in [2.24, 2.45) is 0 Å². The molecule has 0 unspecified atom stereocenters. The first-order chi connectivity index (χ1) is 14.7. The number of carboxylic acids is 1. The molecule has 1 saturated heterocycles. The number of nitrogens with zero attached hydrogens (tertiary/aromatic N) is 1. The average molecular weight is 444 g/mol. The van der Waals surface area contributed by atoms with E-state index in [2.05, 4.69) is 0 Å². The predicted molar refractivity (Wildman–Crippen MR) is 116 cm³/mol. The molecule has 0 amide bonds. The van der Waals surface area contributed by atoms with Crippen molar-refractivity contribution in [3.63, 3.8) is 0 Å². The molecule has 1 saturated carbocycles. The van der Waals surface area contributed by atoms with Crippen molar-refractivity contribution in [1.29, 1.82) is 0 Å². The summed E-state index contributed by atoms with van der Waals surface area (Å²) in [5, 5.41) is 8.26. The van der Waals surface area contributed by atoms with E-state index in [1.807, 2.05) is 37.3 Å². The van der Waals surface area contributed by atoms with Gasteiger partial charge in [0.25, 0.3) is 0 Å². The van der Waals surface area contributed by atoms with Crippen molar-refractivity contribution in [3.8, 4) is 0 Å². The van der Waals surface area contributed by atoms with Crippen LogP contribution in [0.5, 0.6) is 0 Å². The van der Waals surface area contributed by atoms with Gasteiger partial charge in [-0.1, -0.05) is 48.5 Å². The Morgan fingerprint density at radius 3 is 2.52 bits per heavy atom. The van der Waals surface area contributed by atoms with Crippen LogP contribution in [0.15, 0.2) is 60.7 Å². The smallest absolute Gasteiger partial charge is 0.328 e. The van der Waals surface area contributed by atoms with Crippen LogP contribution < -0.4 is 0 Å². The third-order valence-corrected chi connectivity index (χ3v) is 8.85. The molecule has 0 aromatic heterocycles. The Bertz CT molecular complexity index is 1110. The second kappa shape index (κ2) is 8.20. The highest BCUT2D eigenvalue weighted by Gasteiger charge is 2.43. The molecule has 0 radical (unpaired) electrons. The van der Waals surface area contributed by atoms with Gasteiger partial charge in [-0.2, -0.15) is 4.31 Å². The lowest BCUT2D eigenvalue weighted by atomic mass is 9.94. The van der Waals surface area contributed by atoms with Gasteiger partial charge in [0.1, 0.15) is 11.1 Å². The minimum Gasteiger partial charge on any atom is -0.478 e. The number of benzene rings is 2. The summed E-state index contributed by atoms with van der Waals surface area (Å²) in [6.45, 7) is 1.85. The second-order valence-corrected chi connectivity index (χ2v) is 10.6. The van der Waals surface area contributed by atoms with Gasteiger partial charge in [-0.3, -0.25) is 0 Å². The first kappa shape index (κ1) is 21.7. The highest BCUT2D eigenvalue weighted by molar-refractivity contribution is 7.89. The van der Waals surface area contributed by atoms with Crippen molar-refractivity contribution in [1.82, 2.24) is 4.31 Å². The van der Waals surface area contributed by atoms with Gasteiger partial charge in [0.05, 0.1) is 0 Å². The van der Waals surface area contributed by atoms with Crippen LogP contribution in [0.3, 0.4) is 0 Å². The molecular weight excluding hydrogens is 417 g/mol. The Morgan fingerprint density at radius 1 is 1.19 bits per heavy atom. The summed E-state index contributed by atoms with van der Waals surface area (Å²) < 4.78 is 43.1. The zero-order valence-electron chi connectivity index (χ0n) is 17.4. The van der Waals surface area contributed by atoms with E-state index < -0.39 is 32.5 Å². The summed E-state index contributed by atoms with van der Waals surface area (Å²) >= 11 is 0. The fourth-order valence-corrected chi connectivity index (χ4v) is 6.61. The molecular formula is C24H26FNO4S. The molecule has 4 rings (SSSR count). The Labute approximate surface area is 182 Å². The molecule has 5 nitrogen and oxygen atoms in total. The molecule has 2 aromatic carbocycles. The maximum Gasteiger partial charge on any atom is 0.328 e. The molecule has 1 aliphatic heterocycles. The van der Waals surface area contributed by atoms with Gasteiger partial charge in [-0.05, 0) is 49.8 Å². The maximum absolute atomic E-state index is 15.0. The van der Waals surface area contributed by atoms with E-state index in [1.54, 1.807) is 18.2 Å². The van der Waals surface area contributed by atoms with E-state index in [0.717, 1.165) is 30.0 Å². The first-order valence-corrected chi connectivity index (χ1v) is 12.0. The van der Waals surface area contributed by atoms with Crippen molar-refractivity contribution < 1.29 is 22.7 Å². The minimum atomic E-state index is -3.64. The number of hydrogen-bond donors (Lipinski definition) is 1. The zero-order chi connectivity index (χ0) is 22.2. The van der Waals surface area contributed by atoms with Crippen LogP contribution in [0.2, 0.25) is 0 Å². The molecule has 1 heterocycles. The fourth-order valence-electron chi connectivity index (χ4n) is 4.42. The number of rotatable bonds is 6. The standard InChI is InChI=1S/C24H26FNO4S/c1-17-7-10-22(18-5-3-2-4-6-18)31(29,30)26(17)16-19-8-9-20(15-21(19)25)24(13-14-24)12-11-23(27)28/h2-6,8-9,11-12,15,17,22H,7,10,13-14,16H2,1H3,(H,27,28)/t17-,22+/m0/s1. The minimum absolute atomic E-state index is 0.0170. The fraction of sp³-hybridized carbons (Fsp3) is 0.375. The number of halogens is 1. The van der Waals surface area contributed by atoms with Crippen molar-refractivity contribution in [3.05, 3.63) is 83.2 Å². The van der Waals surface area contributed by atoms with Crippen LogP contribution in [-0.4, -0.2) is 29.8 Å². The zero-order valence-corrected chi connectivity index (χ0v) is 18.2. The van der Waals surface area contributed by atoms with Gasteiger partial charge >= 0.3 is 5.97 Å². The van der Waals surface area contributed by atoms with Gasteiger partial charge in [-0.25, -0.2) is 17.6 Å². The molecule has 0 bridgehead atoms. The maximum atomic E-state index is 15.0. The molecule has 1 aliphatic carbocycles. The van der Waals surface area contributed by atoms with Gasteiger partial charge in [-0.15, -0.1) is 0 Å². The molecule has 1 N–H and O–H groups in total. The highest BCUT2D eigenvalue weighted by atomic mass is 32.2. The number of sulfonamides is 1. The largest absolute Gasteiger partial charge is 0.478 e. The summed E-state index contributed by atoms with van der Waals surface area (Å²) in [4.78, 5) is 10.8. The first-order valence-electron chi connectivity index (χ1n) is 10.5. The predicted octanol–water partition coefficient (Wildman–Crippen LogP) is 4.55. The summed E-state index contributed by atoms with van der Waals surface area (Å²) in [7, 11) is -3.64. The Morgan fingerprint density at radius 2 is 1.90 bits per heavy atom. The van der Waals surface area contributed by atoms with Crippen LogP contribution in [-0.2, 0) is 26.8 Å². The molecule has 2 fully saturated rings. The third kappa shape index (κ3) is 4.29. The van der Waals surface area contributed by atoms with Crippen molar-refractivity contribution in [2.75, 3.05) is 0 Å². The van der Waals surface area contributed by atoms with Crippen LogP contribution in [0.25, 0.3) is 0 Å². The molecule has 7 heteroatoms. The number of carbonyl (C=O) groups is 1. The second-order valence-electron chi connectivity index (χ2n) is 8.55. The molecule has 164 valence electrons. The normalized spacial score (nSPS) is 24.8. The lowest BCUT2D eigenvalue weighted by molar-refractivity contribution is -0.131. The summed E-state index contributed by atoms with van der Waals surface area (Å²) in [5.74, 6) is -1.49. The van der Waals surface area contributed by atoms with Gasteiger partial charge in [0.15, 0.2) is 0 Å². The SMILES string of the molecule is C[C@H]1CC[C@H](c2ccccc2)S(=O)(=O)N1Cc1ccc(C2(C=CC(=O)O)CC2)cc1F. The van der Waals surface area contributed by atoms with E-state index in [4.69, 9.17) is 5.11 Å². The molecule has 2 atom stereocenters. The Hall–Kier alpha value is -2.51. The van der Waals surface area contributed by atoms with Crippen LogP contribution in [0.1, 0.15) is 54.5 Å². The molecule has 2 aliphatic rings. The Kier molecular flexibility index (Phi) is 5.75. The van der Waals surface area contributed by atoms with Crippen molar-refractivity contribution in [2.45, 2.75) is 55.9 Å². The lowest BCUT2D eigenvalue weighted by Gasteiger charge is -2.37. The highest BCUT2D eigenvalue weighted by Crippen LogP contribution is 2.50. The van der Waals surface area contributed by atoms with E-state index in [1.165, 1.54) is 10.4 Å². The van der Waals surface area contributed by atoms with Gasteiger partial charge < -0.3 is 5.11 Å². The summed E-state index contributed by atoms with van der Waals surface area (Å²) in [6, 6.07) is 13.8. The van der Waals surface area contributed by atoms with E-state index in [-0.39, 0.29) is 12.6 Å². The monoisotopic (exact) mass is 443 g/mol. The average Bonchev–Trinajstić information content (AvgIpc) is 3.52. The van der Waals surface area contributed by atoms with E-state index >= 15 is 0 Å². The third-order valence-electron chi connectivity index (χ3n) is 6.48. The molecule has 31 heavy (non-hydrogen) atoms. The number of aliphatic carboxylic acids is 1. The van der Waals surface area contributed by atoms with Gasteiger partial charge in [0.2, 0.25) is 10.0 Å². The van der Waals surface area contributed by atoms with Crippen molar-refractivity contribution >= 4 is 16.0 Å². The topological polar surface area (TPSA) is 74.7 Å². The number of carboxylic acid groups (broad SMARTS) is 1. The number of allylic oxidation sites excluding steroid dienone is 1. The van der Waals surface area contributed by atoms with E-state index in [9.17, 15) is 17.6 Å². The van der Waals surface area contributed by atoms with Crippen LogP contribution in [0.4, 0.5) is 4.39 Å². The van der Waals surface area contributed by atoms with Crippen LogP contribution >= 0.6 is 0 Å². The molecule has 0 spiro atoms.